The molecule has 1 aromatic carbocycles. The highest BCUT2D eigenvalue weighted by atomic mass is 19.4. The van der Waals surface area contributed by atoms with Crippen molar-refractivity contribution in [3.05, 3.63) is 47.0 Å². The van der Waals surface area contributed by atoms with Gasteiger partial charge in [0.25, 0.3) is 0 Å². The number of rotatable bonds is 8. The van der Waals surface area contributed by atoms with Crippen LogP contribution in [0.15, 0.2) is 30.4 Å². The Morgan fingerprint density at radius 3 is 2.17 bits per heavy atom. The van der Waals surface area contributed by atoms with Crippen LogP contribution in [0.1, 0.15) is 56.2 Å². The molecule has 5 heteroatoms. The summed E-state index contributed by atoms with van der Waals surface area (Å²) in [6.07, 6.45) is -3.58. The highest BCUT2D eigenvalue weighted by Gasteiger charge is 2.31. The molecule has 0 nitrogen and oxygen atoms in total. The molecule has 23 heavy (non-hydrogen) atoms. The van der Waals surface area contributed by atoms with Crippen LogP contribution in [-0.4, -0.2) is 5.92 Å². The van der Waals surface area contributed by atoms with E-state index < -0.39 is 17.7 Å². The smallest absolute Gasteiger partial charge is 0.207 e. The molecule has 0 spiro atoms. The molecular weight excluding hydrogens is 311 g/mol. The number of aryl methyl sites for hydroxylation is 1. The van der Waals surface area contributed by atoms with Crippen LogP contribution in [0, 0.1) is 0 Å². The van der Waals surface area contributed by atoms with Gasteiger partial charge in [-0.05, 0) is 42.5 Å². The van der Waals surface area contributed by atoms with Crippen molar-refractivity contribution >= 4 is 0 Å². The molecule has 0 N–H and O–H groups in total. The van der Waals surface area contributed by atoms with E-state index in [9.17, 15) is 22.0 Å². The average Bonchev–Trinajstić information content (AvgIpc) is 2.44. The van der Waals surface area contributed by atoms with E-state index in [1.807, 2.05) is 6.92 Å². The summed E-state index contributed by atoms with van der Waals surface area (Å²) in [7, 11) is 0. The third kappa shape index (κ3) is 6.32. The van der Waals surface area contributed by atoms with E-state index in [-0.39, 0.29) is 25.7 Å². The van der Waals surface area contributed by atoms with Gasteiger partial charge >= 0.3 is 6.18 Å². The Kier molecular flexibility index (Phi) is 6.78. The van der Waals surface area contributed by atoms with Gasteiger partial charge in [0, 0.05) is 12.8 Å². The van der Waals surface area contributed by atoms with E-state index in [1.54, 1.807) is 6.92 Å². The van der Waals surface area contributed by atoms with Gasteiger partial charge in [0.15, 0.2) is 0 Å². The summed E-state index contributed by atoms with van der Waals surface area (Å²) in [5, 5.41) is 0. The third-order valence-corrected chi connectivity index (χ3v) is 3.82. The molecule has 0 saturated heterocycles. The van der Waals surface area contributed by atoms with E-state index in [1.165, 1.54) is 6.07 Å². The van der Waals surface area contributed by atoms with Crippen molar-refractivity contribution in [2.75, 3.05) is 0 Å². The number of hydrogen-bond donors (Lipinski definition) is 0. The maximum absolute atomic E-state index is 13.5. The van der Waals surface area contributed by atoms with Crippen molar-refractivity contribution in [2.45, 2.75) is 64.5 Å². The van der Waals surface area contributed by atoms with Gasteiger partial charge in [0.2, 0.25) is 5.92 Å². The summed E-state index contributed by atoms with van der Waals surface area (Å²) < 4.78 is 65.4. The van der Waals surface area contributed by atoms with Gasteiger partial charge in [-0.15, -0.1) is 0 Å². The number of halogens is 5. The molecule has 0 aliphatic heterocycles. The summed E-state index contributed by atoms with van der Waals surface area (Å²) in [5.41, 5.74) is 1.13. The molecule has 130 valence electrons. The lowest BCUT2D eigenvalue weighted by molar-refractivity contribution is -0.137. The van der Waals surface area contributed by atoms with Crippen LogP contribution in [-0.2, 0) is 19.0 Å². The predicted octanol–water partition coefficient (Wildman–Crippen LogP) is 6.58. The second kappa shape index (κ2) is 7.93. The van der Waals surface area contributed by atoms with Gasteiger partial charge in [0.05, 0.1) is 5.56 Å². The molecule has 0 aromatic heterocycles. The summed E-state index contributed by atoms with van der Waals surface area (Å²) >= 11 is 0. The van der Waals surface area contributed by atoms with Crippen molar-refractivity contribution < 1.29 is 22.0 Å². The van der Waals surface area contributed by atoms with Gasteiger partial charge in [-0.2, -0.15) is 13.2 Å². The third-order valence-electron chi connectivity index (χ3n) is 3.82. The Balaban J connectivity index is 2.80. The largest absolute Gasteiger partial charge is 0.416 e. The van der Waals surface area contributed by atoms with Crippen LogP contribution < -0.4 is 0 Å². The number of hydrogen-bond acceptors (Lipinski definition) is 0. The molecule has 0 fully saturated rings. The lowest BCUT2D eigenvalue weighted by Crippen LogP contribution is -2.15. The molecule has 0 unspecified atom stereocenters. The lowest BCUT2D eigenvalue weighted by atomic mass is 9.93. The first-order valence-electron chi connectivity index (χ1n) is 7.82. The fraction of sp³-hybridized carbons (Fsp3) is 0.556. The quantitative estimate of drug-likeness (QED) is 0.372. The molecule has 0 atom stereocenters. The molecular formula is C18H23F5. The first-order chi connectivity index (χ1) is 10.6. The minimum atomic E-state index is -4.41. The zero-order chi connectivity index (χ0) is 17.7. The Morgan fingerprint density at radius 1 is 1.00 bits per heavy atom. The Bertz CT molecular complexity index is 529. The molecule has 1 rings (SSSR count). The SMILES string of the molecule is C=C(CCC(F)(F)CCC)Cc1cc(C(F)(F)F)ccc1CC. The molecule has 0 radical (unpaired) electrons. The average molecular weight is 334 g/mol. The minimum Gasteiger partial charge on any atom is -0.207 e. The van der Waals surface area contributed by atoms with Crippen LogP contribution in [0.5, 0.6) is 0 Å². The lowest BCUT2D eigenvalue weighted by Gasteiger charge is -2.17. The van der Waals surface area contributed by atoms with Gasteiger partial charge in [0.1, 0.15) is 0 Å². The Labute approximate surface area is 134 Å². The van der Waals surface area contributed by atoms with Crippen molar-refractivity contribution in [1.82, 2.24) is 0 Å². The highest BCUT2D eigenvalue weighted by Crippen LogP contribution is 2.32. The van der Waals surface area contributed by atoms with E-state index in [2.05, 4.69) is 6.58 Å². The Morgan fingerprint density at radius 2 is 1.65 bits per heavy atom. The van der Waals surface area contributed by atoms with Gasteiger partial charge in [-0.1, -0.05) is 38.5 Å². The zero-order valence-corrected chi connectivity index (χ0v) is 13.6. The standard InChI is InChI=1S/C18H23F5/c1-4-9-17(19,20)10-8-13(3)11-15-12-16(18(21,22)23)7-6-14(15)5-2/h6-7,12H,3-5,8-11H2,1-2H3. The topological polar surface area (TPSA) is 0 Å². The van der Waals surface area contributed by atoms with Crippen LogP contribution in [0.25, 0.3) is 0 Å². The van der Waals surface area contributed by atoms with Gasteiger partial charge in [-0.25, -0.2) is 8.78 Å². The fourth-order valence-corrected chi connectivity index (χ4v) is 2.52. The maximum Gasteiger partial charge on any atom is 0.416 e. The summed E-state index contributed by atoms with van der Waals surface area (Å²) in [6, 6.07) is 3.62. The Hall–Kier alpha value is -1.39. The predicted molar refractivity (Wildman–Crippen MR) is 82.8 cm³/mol. The monoisotopic (exact) mass is 334 g/mol. The first kappa shape index (κ1) is 19.7. The number of allylic oxidation sites excluding steroid dienone is 1. The summed E-state index contributed by atoms with van der Waals surface area (Å²) in [6.45, 7) is 7.31. The molecule has 0 amide bonds. The second-order valence-electron chi connectivity index (χ2n) is 5.87. The van der Waals surface area contributed by atoms with Crippen LogP contribution in [0.4, 0.5) is 22.0 Å². The molecule has 1 aromatic rings. The van der Waals surface area contributed by atoms with Crippen molar-refractivity contribution in [3.8, 4) is 0 Å². The van der Waals surface area contributed by atoms with E-state index in [0.29, 0.717) is 24.0 Å². The van der Waals surface area contributed by atoms with E-state index in [0.717, 1.165) is 17.7 Å². The van der Waals surface area contributed by atoms with Crippen molar-refractivity contribution in [2.24, 2.45) is 0 Å². The minimum absolute atomic E-state index is 0.117. The van der Waals surface area contributed by atoms with Crippen molar-refractivity contribution in [1.29, 1.82) is 0 Å². The summed E-state index contributed by atoms with van der Waals surface area (Å²) in [4.78, 5) is 0. The number of alkyl halides is 5. The molecule has 0 aliphatic carbocycles. The van der Waals surface area contributed by atoms with Crippen LogP contribution in [0.3, 0.4) is 0 Å². The van der Waals surface area contributed by atoms with E-state index >= 15 is 0 Å². The normalized spacial score (nSPS) is 12.5. The molecule has 0 aliphatic rings. The molecule has 0 saturated carbocycles. The zero-order valence-electron chi connectivity index (χ0n) is 13.6. The number of benzene rings is 1. The van der Waals surface area contributed by atoms with E-state index in [4.69, 9.17) is 0 Å². The van der Waals surface area contributed by atoms with Crippen LogP contribution in [0.2, 0.25) is 0 Å². The highest BCUT2D eigenvalue weighted by molar-refractivity contribution is 5.36. The molecule has 0 bridgehead atoms. The van der Waals surface area contributed by atoms with Crippen LogP contribution >= 0.6 is 0 Å². The summed E-state index contributed by atoms with van der Waals surface area (Å²) in [5.74, 6) is -2.74. The second-order valence-corrected chi connectivity index (χ2v) is 5.87. The molecule has 0 heterocycles. The first-order valence-corrected chi connectivity index (χ1v) is 7.82. The fourth-order valence-electron chi connectivity index (χ4n) is 2.52. The van der Waals surface area contributed by atoms with Gasteiger partial charge in [-0.3, -0.25) is 0 Å². The van der Waals surface area contributed by atoms with Crippen molar-refractivity contribution in [3.63, 3.8) is 0 Å². The maximum atomic E-state index is 13.5. The van der Waals surface area contributed by atoms with Gasteiger partial charge < -0.3 is 0 Å².